The Kier molecular flexibility index (Phi) is 6.27. The Balaban J connectivity index is 0. The van der Waals surface area contributed by atoms with Crippen LogP contribution in [0.15, 0.2) is 0 Å². The van der Waals surface area contributed by atoms with Crippen molar-refractivity contribution in [2.75, 3.05) is 26.4 Å². The minimum absolute atomic E-state index is 0. The summed E-state index contributed by atoms with van der Waals surface area (Å²) in [5.41, 5.74) is 0. The third-order valence-corrected chi connectivity index (χ3v) is 1.57. The van der Waals surface area contributed by atoms with E-state index in [1.807, 2.05) is 0 Å². The molecule has 0 saturated heterocycles. The molecule has 0 unspecified atom stereocenters. The largest absolute Gasteiger partial charge is 0.308 e. The number of nitrogens with zero attached hydrogens (tertiary/aromatic N) is 1. The average Bonchev–Trinajstić information content (AvgIpc) is 1.59. The highest BCUT2D eigenvalue weighted by atomic mass is 35.5. The van der Waals surface area contributed by atoms with E-state index >= 15 is 0 Å². The molecule has 0 heterocycles. The molecule has 2 N–H and O–H groups in total. The Labute approximate surface area is 67.8 Å². The molecule has 0 radical (unpaired) electrons. The summed E-state index contributed by atoms with van der Waals surface area (Å²) < 4.78 is 20.6. The predicted molar refractivity (Wildman–Crippen MR) is 43.8 cm³/mol. The lowest BCUT2D eigenvalue weighted by Crippen LogP contribution is -2.26. The van der Waals surface area contributed by atoms with Crippen molar-refractivity contribution in [3.63, 3.8) is 0 Å². The van der Waals surface area contributed by atoms with Crippen LogP contribution in [0.3, 0.4) is 0 Å². The third kappa shape index (κ3) is 11.0. The highest BCUT2D eigenvalue weighted by molar-refractivity contribution is 7.89. The van der Waals surface area contributed by atoms with Crippen LogP contribution < -0.4 is 5.14 Å². The smallest absolute Gasteiger partial charge is 0.210 e. The number of hydrogen-bond donors (Lipinski definition) is 1. The van der Waals surface area contributed by atoms with Gasteiger partial charge in [0, 0.05) is 6.54 Å². The van der Waals surface area contributed by atoms with Gasteiger partial charge in [0.1, 0.15) is 0 Å². The second-order valence-electron chi connectivity index (χ2n) is 2.17. The molecule has 4 nitrogen and oxygen atoms in total. The molecule has 0 aromatic heterocycles. The number of sulfonamides is 1. The van der Waals surface area contributed by atoms with Crippen LogP contribution in [0.2, 0.25) is 0 Å². The van der Waals surface area contributed by atoms with Crippen molar-refractivity contribution >= 4 is 22.4 Å². The molecule has 10 heavy (non-hydrogen) atoms. The molecule has 0 rings (SSSR count). The van der Waals surface area contributed by atoms with E-state index < -0.39 is 10.0 Å². The van der Waals surface area contributed by atoms with Crippen molar-refractivity contribution in [1.29, 1.82) is 0 Å². The quantitative estimate of drug-likeness (QED) is 0.635. The number of primary sulfonamides is 1. The summed E-state index contributed by atoms with van der Waals surface area (Å²) in [7, 11) is 0.333. The highest BCUT2D eigenvalue weighted by Crippen LogP contribution is 1.79. The van der Waals surface area contributed by atoms with E-state index in [1.54, 1.807) is 19.0 Å². The Morgan fingerprint density at radius 1 is 1.40 bits per heavy atom. The molecule has 0 amide bonds. The van der Waals surface area contributed by atoms with Gasteiger partial charge in [-0.25, -0.2) is 13.6 Å². The molecule has 64 valence electrons. The summed E-state index contributed by atoms with van der Waals surface area (Å²) in [6.45, 7) is 0.485. The zero-order chi connectivity index (χ0) is 7.49. The molecule has 0 aromatic rings. The van der Waals surface area contributed by atoms with Crippen molar-refractivity contribution in [2.24, 2.45) is 5.14 Å². The Hall–Kier alpha value is 0.160. The summed E-state index contributed by atoms with van der Waals surface area (Å²) in [5.74, 6) is 0.0278. The van der Waals surface area contributed by atoms with Gasteiger partial charge < -0.3 is 4.90 Å². The number of hydrogen-bond acceptors (Lipinski definition) is 3. The SMILES string of the molecule is CN(C)CCS(N)(=O)=O.Cl. The fourth-order valence-corrected chi connectivity index (χ4v) is 0.929. The van der Waals surface area contributed by atoms with Crippen LogP contribution in [0.1, 0.15) is 0 Å². The average molecular weight is 189 g/mol. The highest BCUT2D eigenvalue weighted by Gasteiger charge is 2.01. The molecule has 0 bridgehead atoms. The van der Waals surface area contributed by atoms with Crippen LogP contribution in [-0.2, 0) is 10.0 Å². The predicted octanol–water partition coefficient (Wildman–Crippen LogP) is -0.742. The number of nitrogens with two attached hydrogens (primary N) is 1. The van der Waals surface area contributed by atoms with Gasteiger partial charge in [-0.3, -0.25) is 0 Å². The van der Waals surface area contributed by atoms with E-state index in [2.05, 4.69) is 0 Å². The lowest BCUT2D eigenvalue weighted by molar-refractivity contribution is 0.432. The third-order valence-electron chi connectivity index (χ3n) is 0.823. The first-order valence-electron chi connectivity index (χ1n) is 2.57. The fourth-order valence-electron chi connectivity index (χ4n) is 0.310. The number of halogens is 1. The molecule has 0 saturated carbocycles. The lowest BCUT2D eigenvalue weighted by atomic mass is 10.7. The van der Waals surface area contributed by atoms with Gasteiger partial charge in [-0.15, -0.1) is 12.4 Å². The molecule has 0 spiro atoms. The van der Waals surface area contributed by atoms with E-state index in [4.69, 9.17) is 5.14 Å². The van der Waals surface area contributed by atoms with Crippen LogP contribution in [0.25, 0.3) is 0 Å². The van der Waals surface area contributed by atoms with Crippen molar-refractivity contribution in [1.82, 2.24) is 4.90 Å². The Bertz CT molecular complexity index is 166. The van der Waals surface area contributed by atoms with Crippen LogP contribution >= 0.6 is 12.4 Å². The topological polar surface area (TPSA) is 63.4 Å². The summed E-state index contributed by atoms with van der Waals surface area (Å²) in [5, 5.41) is 4.73. The molecule has 0 fully saturated rings. The first-order chi connectivity index (χ1) is 3.92. The molecule has 6 heteroatoms. The van der Waals surface area contributed by atoms with Gasteiger partial charge in [0.25, 0.3) is 0 Å². The summed E-state index contributed by atoms with van der Waals surface area (Å²) in [4.78, 5) is 1.77. The molecule has 0 aliphatic rings. The Morgan fingerprint density at radius 2 is 1.80 bits per heavy atom. The van der Waals surface area contributed by atoms with Gasteiger partial charge in [0.05, 0.1) is 5.75 Å². The van der Waals surface area contributed by atoms with Crippen LogP contribution in [0.5, 0.6) is 0 Å². The maximum absolute atomic E-state index is 10.3. The maximum Gasteiger partial charge on any atom is 0.210 e. The monoisotopic (exact) mass is 188 g/mol. The maximum atomic E-state index is 10.3. The molecular weight excluding hydrogens is 176 g/mol. The Morgan fingerprint density at radius 3 is 1.90 bits per heavy atom. The normalized spacial score (nSPS) is 11.2. The van der Waals surface area contributed by atoms with Gasteiger partial charge in [-0.1, -0.05) is 0 Å². The van der Waals surface area contributed by atoms with E-state index in [1.165, 1.54) is 0 Å². The van der Waals surface area contributed by atoms with Crippen molar-refractivity contribution in [2.45, 2.75) is 0 Å². The molecule has 0 aliphatic heterocycles. The molecular formula is C4H13ClN2O2S. The van der Waals surface area contributed by atoms with E-state index in [-0.39, 0.29) is 18.2 Å². The van der Waals surface area contributed by atoms with Gasteiger partial charge in [0.2, 0.25) is 10.0 Å². The summed E-state index contributed by atoms with van der Waals surface area (Å²) in [6, 6.07) is 0. The summed E-state index contributed by atoms with van der Waals surface area (Å²) >= 11 is 0. The van der Waals surface area contributed by atoms with Gasteiger partial charge in [-0.2, -0.15) is 0 Å². The second kappa shape index (κ2) is 4.90. The fraction of sp³-hybridized carbons (Fsp3) is 1.00. The van der Waals surface area contributed by atoms with Gasteiger partial charge >= 0.3 is 0 Å². The van der Waals surface area contributed by atoms with Crippen molar-refractivity contribution < 1.29 is 8.42 Å². The van der Waals surface area contributed by atoms with Gasteiger partial charge in [-0.05, 0) is 14.1 Å². The second-order valence-corrected chi connectivity index (χ2v) is 3.90. The van der Waals surface area contributed by atoms with Crippen molar-refractivity contribution in [3.8, 4) is 0 Å². The van der Waals surface area contributed by atoms with E-state index in [0.717, 1.165) is 0 Å². The standard InChI is InChI=1S/C4H12N2O2S.ClH/c1-6(2)3-4-9(5,7)8;/h3-4H2,1-2H3,(H2,5,7,8);1H. The first kappa shape index (κ1) is 12.8. The zero-order valence-corrected chi connectivity index (χ0v) is 7.70. The van der Waals surface area contributed by atoms with E-state index in [0.29, 0.717) is 6.54 Å². The van der Waals surface area contributed by atoms with E-state index in [9.17, 15) is 8.42 Å². The van der Waals surface area contributed by atoms with Crippen molar-refractivity contribution in [3.05, 3.63) is 0 Å². The minimum atomic E-state index is -3.26. The molecule has 0 aromatic carbocycles. The number of rotatable bonds is 3. The lowest BCUT2D eigenvalue weighted by Gasteiger charge is -2.06. The molecule has 0 atom stereocenters. The van der Waals surface area contributed by atoms with Crippen LogP contribution in [0, 0.1) is 0 Å². The zero-order valence-electron chi connectivity index (χ0n) is 6.07. The first-order valence-corrected chi connectivity index (χ1v) is 4.28. The minimum Gasteiger partial charge on any atom is -0.308 e. The van der Waals surface area contributed by atoms with Crippen LogP contribution in [-0.4, -0.2) is 39.7 Å². The van der Waals surface area contributed by atoms with Gasteiger partial charge in [0.15, 0.2) is 0 Å². The van der Waals surface area contributed by atoms with Crippen LogP contribution in [0.4, 0.5) is 0 Å². The summed E-state index contributed by atoms with van der Waals surface area (Å²) in [6.07, 6.45) is 0. The molecule has 0 aliphatic carbocycles.